The maximum atomic E-state index is 14.1. The van der Waals surface area contributed by atoms with Crippen molar-refractivity contribution in [1.29, 1.82) is 0 Å². The molecule has 1 aromatic carbocycles. The molecule has 5 rings (SSSR count). The number of aliphatic hydroxyl groups is 1. The molecule has 5 atom stereocenters. The van der Waals surface area contributed by atoms with Crippen molar-refractivity contribution < 1.29 is 32.7 Å². The molecule has 2 aromatic heterocycles. The fourth-order valence-corrected chi connectivity index (χ4v) is 4.77. The normalized spacial score (nSPS) is 25.3. The lowest BCUT2D eigenvalue weighted by Crippen LogP contribution is -2.34. The van der Waals surface area contributed by atoms with Gasteiger partial charge in [0.05, 0.1) is 24.5 Å². The van der Waals surface area contributed by atoms with Crippen molar-refractivity contribution in [2.45, 2.75) is 31.3 Å². The molecule has 13 heteroatoms. The molecule has 0 saturated carbocycles. The molecule has 2 fully saturated rings. The zero-order chi connectivity index (χ0) is 24.9. The van der Waals surface area contributed by atoms with E-state index in [4.69, 9.17) is 14.2 Å². The van der Waals surface area contributed by atoms with Crippen LogP contribution in [0.3, 0.4) is 0 Å². The Balaban J connectivity index is 1.46. The van der Waals surface area contributed by atoms with Crippen LogP contribution in [0.2, 0.25) is 0 Å². The number of carbonyl (C=O) groups excluding carboxylic acids is 1. The summed E-state index contributed by atoms with van der Waals surface area (Å²) in [4.78, 5) is 16.9. The van der Waals surface area contributed by atoms with E-state index in [2.05, 4.69) is 26.0 Å². The number of halogens is 1. The predicted octanol–water partition coefficient (Wildman–Crippen LogP) is 0.817. The van der Waals surface area contributed by atoms with Crippen molar-refractivity contribution in [2.24, 2.45) is 0 Å². The van der Waals surface area contributed by atoms with Crippen LogP contribution in [0.25, 0.3) is 5.52 Å². The summed E-state index contributed by atoms with van der Waals surface area (Å²) in [5.74, 6) is 2.93. The number of aryl methyl sites for hydroxylation is 1. The summed E-state index contributed by atoms with van der Waals surface area (Å²) in [6, 6.07) is 4.00. The van der Waals surface area contributed by atoms with Gasteiger partial charge >= 0.3 is 0 Å². The molecule has 0 bridgehead atoms. The van der Waals surface area contributed by atoms with Gasteiger partial charge in [-0.25, -0.2) is 18.1 Å². The standard InChI is InChI=1S/C22H24FN5O6S/c1-11-13(22(30)27-35(2,3)31)7-28-18(11)21(24-10-25-28)26-14-5-4-12(23)6-16(14)34-17-9-33-19-15(29)8-32-20(17)19/h4-7,10,15,17,19-20,29H,2,8-9H2,1,3H3,(H,24,25,26)(H,27,30,31). The number of anilines is 2. The molecule has 2 aliphatic rings. The van der Waals surface area contributed by atoms with E-state index >= 15 is 0 Å². The number of hydrogen-bond donors (Lipinski definition) is 3. The summed E-state index contributed by atoms with van der Waals surface area (Å²) < 4.78 is 47.1. The van der Waals surface area contributed by atoms with Crippen LogP contribution in [0.5, 0.6) is 5.75 Å². The van der Waals surface area contributed by atoms with E-state index < -0.39 is 45.8 Å². The van der Waals surface area contributed by atoms with Crippen LogP contribution in [0.15, 0.2) is 30.7 Å². The number of ether oxygens (including phenoxy) is 3. The monoisotopic (exact) mass is 505 g/mol. The second-order valence-electron chi connectivity index (χ2n) is 8.59. The number of amides is 1. The first-order valence-corrected chi connectivity index (χ1v) is 12.9. The highest BCUT2D eigenvalue weighted by atomic mass is 32.2. The second kappa shape index (κ2) is 8.75. The number of rotatable bonds is 6. The van der Waals surface area contributed by atoms with Gasteiger partial charge in [0, 0.05) is 28.2 Å². The van der Waals surface area contributed by atoms with Crippen molar-refractivity contribution in [1.82, 2.24) is 19.3 Å². The van der Waals surface area contributed by atoms with Crippen LogP contribution < -0.4 is 14.8 Å². The lowest BCUT2D eigenvalue weighted by Gasteiger charge is -2.20. The number of nitrogens with zero attached hydrogens (tertiary/aromatic N) is 3. The third kappa shape index (κ3) is 4.55. The minimum absolute atomic E-state index is 0.146. The van der Waals surface area contributed by atoms with E-state index in [1.165, 1.54) is 41.5 Å². The summed E-state index contributed by atoms with van der Waals surface area (Å²) in [6.45, 7) is 2.04. The third-order valence-electron chi connectivity index (χ3n) is 5.84. The minimum Gasteiger partial charge on any atom is -0.483 e. The van der Waals surface area contributed by atoms with Crippen LogP contribution >= 0.6 is 0 Å². The van der Waals surface area contributed by atoms with Gasteiger partial charge in [-0.15, -0.1) is 0 Å². The Morgan fingerprint density at radius 3 is 2.89 bits per heavy atom. The Hall–Kier alpha value is -3.26. The Morgan fingerprint density at radius 2 is 2.11 bits per heavy atom. The number of fused-ring (bicyclic) bond motifs is 2. The van der Waals surface area contributed by atoms with Crippen LogP contribution in [-0.4, -0.2) is 79.6 Å². The average Bonchev–Trinajstić information content (AvgIpc) is 3.45. The molecule has 35 heavy (non-hydrogen) atoms. The van der Waals surface area contributed by atoms with Gasteiger partial charge in [-0.2, -0.15) is 5.10 Å². The van der Waals surface area contributed by atoms with E-state index in [1.54, 1.807) is 6.92 Å². The van der Waals surface area contributed by atoms with E-state index in [9.17, 15) is 18.5 Å². The highest BCUT2D eigenvalue weighted by Gasteiger charge is 2.48. The molecule has 3 aromatic rings. The zero-order valence-electron chi connectivity index (χ0n) is 18.9. The van der Waals surface area contributed by atoms with Gasteiger partial charge in [-0.1, -0.05) is 0 Å². The topological polar surface area (TPSA) is 136 Å². The number of aromatic nitrogens is 3. The number of carbonyl (C=O) groups is 1. The summed E-state index contributed by atoms with van der Waals surface area (Å²) in [6.07, 6.45) is 1.89. The Bertz CT molecular complexity index is 1410. The second-order valence-corrected chi connectivity index (χ2v) is 10.8. The highest BCUT2D eigenvalue weighted by molar-refractivity contribution is 7.98. The average molecular weight is 506 g/mol. The fraction of sp³-hybridized carbons (Fsp3) is 0.364. The molecule has 0 spiro atoms. The molecule has 2 aliphatic heterocycles. The molecule has 2 saturated heterocycles. The zero-order valence-corrected chi connectivity index (χ0v) is 19.8. The molecule has 0 aliphatic carbocycles. The first-order chi connectivity index (χ1) is 16.6. The number of aliphatic hydroxyl groups excluding tert-OH is 1. The minimum atomic E-state index is -2.76. The van der Waals surface area contributed by atoms with Crippen molar-refractivity contribution in [3.05, 3.63) is 47.7 Å². The first kappa shape index (κ1) is 23.5. The van der Waals surface area contributed by atoms with Gasteiger partial charge in [0.2, 0.25) is 0 Å². The Labute approximate surface area is 200 Å². The third-order valence-corrected chi connectivity index (χ3v) is 6.45. The summed E-state index contributed by atoms with van der Waals surface area (Å²) in [5.41, 5.74) is 1.70. The Morgan fingerprint density at radius 1 is 1.34 bits per heavy atom. The Kier molecular flexibility index (Phi) is 5.87. The fourth-order valence-electron chi connectivity index (χ4n) is 4.26. The van der Waals surface area contributed by atoms with E-state index in [1.807, 2.05) is 0 Å². The molecule has 1 amide bonds. The van der Waals surface area contributed by atoms with Crippen molar-refractivity contribution >= 4 is 38.5 Å². The van der Waals surface area contributed by atoms with E-state index in [0.29, 0.717) is 22.6 Å². The van der Waals surface area contributed by atoms with Crippen molar-refractivity contribution in [3.8, 4) is 5.75 Å². The van der Waals surface area contributed by atoms with E-state index in [-0.39, 0.29) is 24.5 Å². The lowest BCUT2D eigenvalue weighted by atomic mass is 10.1. The maximum absolute atomic E-state index is 14.1. The highest BCUT2D eigenvalue weighted by Crippen LogP contribution is 2.35. The predicted molar refractivity (Wildman–Crippen MR) is 126 cm³/mol. The SMILES string of the molecule is C=S(C)(=O)NC(=O)c1cn2ncnc(Nc3ccc(F)cc3OC3COC4C(O)COC34)c2c1C. The molecular formula is C22H24FN5O6S. The molecule has 3 N–H and O–H groups in total. The number of nitrogens with one attached hydrogen (secondary N) is 2. The maximum Gasteiger partial charge on any atom is 0.264 e. The molecule has 5 unspecified atom stereocenters. The number of hydrogen-bond acceptors (Lipinski definition) is 9. The quantitative estimate of drug-likeness (QED) is 0.416. The molecule has 11 nitrogen and oxygen atoms in total. The van der Waals surface area contributed by atoms with Crippen LogP contribution in [-0.2, 0) is 19.2 Å². The van der Waals surface area contributed by atoms with Gasteiger partial charge in [-0.05, 0) is 30.5 Å². The summed E-state index contributed by atoms with van der Waals surface area (Å²) >= 11 is 0. The van der Waals surface area contributed by atoms with Crippen LogP contribution in [0.1, 0.15) is 15.9 Å². The van der Waals surface area contributed by atoms with Gasteiger partial charge in [0.25, 0.3) is 5.91 Å². The molecule has 186 valence electrons. The molecule has 4 heterocycles. The molecular weight excluding hydrogens is 481 g/mol. The first-order valence-electron chi connectivity index (χ1n) is 10.7. The van der Waals surface area contributed by atoms with Crippen molar-refractivity contribution in [2.75, 3.05) is 24.8 Å². The largest absolute Gasteiger partial charge is 0.483 e. The van der Waals surface area contributed by atoms with Gasteiger partial charge in [-0.3, -0.25) is 9.52 Å². The van der Waals surface area contributed by atoms with Crippen LogP contribution in [0, 0.1) is 12.7 Å². The lowest BCUT2D eigenvalue weighted by molar-refractivity contribution is 0.00871. The van der Waals surface area contributed by atoms with Crippen molar-refractivity contribution in [3.63, 3.8) is 0 Å². The van der Waals surface area contributed by atoms with Crippen LogP contribution in [0.4, 0.5) is 15.9 Å². The number of benzene rings is 1. The van der Waals surface area contributed by atoms with Gasteiger partial charge in [0.15, 0.2) is 11.9 Å². The summed E-state index contributed by atoms with van der Waals surface area (Å²) in [7, 11) is -2.76. The van der Waals surface area contributed by atoms with Gasteiger partial charge < -0.3 is 24.6 Å². The van der Waals surface area contributed by atoms with E-state index in [0.717, 1.165) is 0 Å². The smallest absolute Gasteiger partial charge is 0.264 e. The van der Waals surface area contributed by atoms with Gasteiger partial charge in [0.1, 0.15) is 41.7 Å². The summed E-state index contributed by atoms with van der Waals surface area (Å²) in [5, 5.41) is 17.3. The molecule has 0 radical (unpaired) electrons.